The average Bonchev–Trinajstić information content (AvgIpc) is 2.84. The zero-order chi connectivity index (χ0) is 13.9. The number of carboxylic acids is 1. The average molecular weight is 268 g/mol. The zero-order valence-electron chi connectivity index (χ0n) is 11.7. The topological polar surface area (TPSA) is 69.6 Å². The minimum atomic E-state index is -0.766. The van der Waals surface area contributed by atoms with E-state index in [0.717, 1.165) is 32.1 Å². The third kappa shape index (κ3) is 3.39. The Morgan fingerprint density at radius 3 is 2.37 bits per heavy atom. The van der Waals surface area contributed by atoms with Crippen LogP contribution in [0.4, 0.5) is 4.79 Å². The van der Waals surface area contributed by atoms with Gasteiger partial charge in [-0.2, -0.15) is 0 Å². The Balaban J connectivity index is 1.80. The van der Waals surface area contributed by atoms with E-state index in [0.29, 0.717) is 12.6 Å². The highest BCUT2D eigenvalue weighted by Gasteiger charge is 2.39. The van der Waals surface area contributed by atoms with Gasteiger partial charge in [0.05, 0.1) is 6.42 Å². The molecule has 0 aromatic rings. The van der Waals surface area contributed by atoms with E-state index in [4.69, 9.17) is 5.11 Å². The second kappa shape index (κ2) is 5.80. The number of hydrogen-bond acceptors (Lipinski definition) is 2. The largest absolute Gasteiger partial charge is 0.481 e. The van der Waals surface area contributed by atoms with Crippen molar-refractivity contribution in [1.29, 1.82) is 0 Å². The van der Waals surface area contributed by atoms with Gasteiger partial charge in [0.2, 0.25) is 0 Å². The van der Waals surface area contributed by atoms with Crippen molar-refractivity contribution in [3.05, 3.63) is 0 Å². The van der Waals surface area contributed by atoms with Crippen LogP contribution in [0, 0.1) is 5.41 Å². The Kier molecular flexibility index (Phi) is 4.32. The summed E-state index contributed by atoms with van der Waals surface area (Å²) in [6.07, 6.45) is 7.63. The molecule has 0 spiro atoms. The van der Waals surface area contributed by atoms with Crippen LogP contribution in [0.2, 0.25) is 0 Å². The molecule has 0 heterocycles. The highest BCUT2D eigenvalue weighted by atomic mass is 16.4. The highest BCUT2D eigenvalue weighted by Crippen LogP contribution is 2.43. The molecule has 2 saturated carbocycles. The number of carbonyl (C=O) groups is 2. The van der Waals surface area contributed by atoms with E-state index in [1.54, 1.807) is 4.90 Å². The molecule has 2 aliphatic carbocycles. The first-order chi connectivity index (χ1) is 9.02. The fourth-order valence-corrected chi connectivity index (χ4v) is 3.26. The lowest BCUT2D eigenvalue weighted by Gasteiger charge is -2.41. The van der Waals surface area contributed by atoms with Crippen LogP contribution in [0.15, 0.2) is 0 Å². The van der Waals surface area contributed by atoms with Crippen molar-refractivity contribution < 1.29 is 14.7 Å². The molecule has 0 saturated heterocycles. The molecule has 0 atom stereocenters. The van der Waals surface area contributed by atoms with E-state index in [2.05, 4.69) is 5.32 Å². The number of urea groups is 1. The van der Waals surface area contributed by atoms with Crippen molar-refractivity contribution in [2.24, 2.45) is 5.41 Å². The standard InChI is InChI=1S/C14H24N2O3/c1-16(11-5-2-3-6-11)13(19)15-10-14(7-4-8-14)9-12(17)18/h11H,2-10H2,1H3,(H,15,19)(H,17,18). The molecule has 2 rings (SSSR count). The number of carboxylic acid groups (broad SMARTS) is 1. The van der Waals surface area contributed by atoms with Gasteiger partial charge in [-0.1, -0.05) is 19.3 Å². The maximum Gasteiger partial charge on any atom is 0.317 e. The first kappa shape index (κ1) is 14.2. The van der Waals surface area contributed by atoms with E-state index in [9.17, 15) is 9.59 Å². The molecule has 108 valence electrons. The summed E-state index contributed by atoms with van der Waals surface area (Å²) < 4.78 is 0. The maximum absolute atomic E-state index is 12.1. The van der Waals surface area contributed by atoms with Crippen molar-refractivity contribution in [3.8, 4) is 0 Å². The number of rotatable bonds is 5. The third-order valence-corrected chi connectivity index (χ3v) is 4.75. The Hall–Kier alpha value is -1.26. The monoisotopic (exact) mass is 268 g/mol. The van der Waals surface area contributed by atoms with E-state index in [1.807, 2.05) is 7.05 Å². The molecule has 5 heteroatoms. The fourth-order valence-electron chi connectivity index (χ4n) is 3.26. The number of carbonyl (C=O) groups excluding carboxylic acids is 1. The van der Waals surface area contributed by atoms with Gasteiger partial charge in [-0.3, -0.25) is 4.79 Å². The van der Waals surface area contributed by atoms with Gasteiger partial charge in [-0.25, -0.2) is 4.79 Å². The Morgan fingerprint density at radius 1 is 1.26 bits per heavy atom. The van der Waals surface area contributed by atoms with Crippen molar-refractivity contribution in [1.82, 2.24) is 10.2 Å². The van der Waals surface area contributed by atoms with Crippen LogP contribution in [0.1, 0.15) is 51.4 Å². The number of aliphatic carboxylic acids is 1. The van der Waals surface area contributed by atoms with Crippen LogP contribution in [0.5, 0.6) is 0 Å². The molecule has 5 nitrogen and oxygen atoms in total. The minimum Gasteiger partial charge on any atom is -0.481 e. The number of hydrogen-bond donors (Lipinski definition) is 2. The Labute approximate surface area is 114 Å². The first-order valence-corrected chi connectivity index (χ1v) is 7.25. The lowest BCUT2D eigenvalue weighted by atomic mass is 9.66. The summed E-state index contributed by atoms with van der Waals surface area (Å²) in [5.74, 6) is -0.766. The third-order valence-electron chi connectivity index (χ3n) is 4.75. The van der Waals surface area contributed by atoms with Gasteiger partial charge >= 0.3 is 12.0 Å². The lowest BCUT2D eigenvalue weighted by Crippen LogP contribution is -2.49. The number of amides is 2. The normalized spacial score (nSPS) is 21.7. The van der Waals surface area contributed by atoms with Gasteiger partial charge in [0.15, 0.2) is 0 Å². The smallest absolute Gasteiger partial charge is 0.317 e. The summed E-state index contributed by atoms with van der Waals surface area (Å²) >= 11 is 0. The second-order valence-corrected chi connectivity index (χ2v) is 6.13. The van der Waals surface area contributed by atoms with Crippen molar-refractivity contribution in [3.63, 3.8) is 0 Å². The van der Waals surface area contributed by atoms with E-state index < -0.39 is 5.97 Å². The van der Waals surface area contributed by atoms with Crippen LogP contribution < -0.4 is 5.32 Å². The fraction of sp³-hybridized carbons (Fsp3) is 0.857. The number of nitrogens with zero attached hydrogens (tertiary/aromatic N) is 1. The zero-order valence-corrected chi connectivity index (χ0v) is 11.7. The predicted octanol–water partition coefficient (Wildman–Crippen LogP) is 2.22. The van der Waals surface area contributed by atoms with Crippen LogP contribution in [0.25, 0.3) is 0 Å². The van der Waals surface area contributed by atoms with Crippen LogP contribution in [-0.4, -0.2) is 41.6 Å². The first-order valence-electron chi connectivity index (χ1n) is 7.25. The van der Waals surface area contributed by atoms with Gasteiger partial charge < -0.3 is 15.3 Å². The van der Waals surface area contributed by atoms with Crippen molar-refractivity contribution >= 4 is 12.0 Å². The minimum absolute atomic E-state index is 0.0523. The summed E-state index contributed by atoms with van der Waals surface area (Å²) in [6.45, 7) is 0.495. The van der Waals surface area contributed by atoms with E-state index in [1.165, 1.54) is 12.8 Å². The quantitative estimate of drug-likeness (QED) is 0.803. The molecule has 0 radical (unpaired) electrons. The summed E-state index contributed by atoms with van der Waals surface area (Å²) in [5, 5.41) is 11.9. The maximum atomic E-state index is 12.1. The van der Waals surface area contributed by atoms with E-state index in [-0.39, 0.29) is 17.9 Å². The van der Waals surface area contributed by atoms with Gasteiger partial charge in [-0.15, -0.1) is 0 Å². The molecule has 0 aromatic carbocycles. The molecular formula is C14H24N2O3. The SMILES string of the molecule is CN(C(=O)NCC1(CC(=O)O)CCC1)C1CCCC1. The summed E-state index contributed by atoms with van der Waals surface area (Å²) in [4.78, 5) is 24.7. The van der Waals surface area contributed by atoms with E-state index >= 15 is 0 Å². The van der Waals surface area contributed by atoms with Crippen LogP contribution in [0.3, 0.4) is 0 Å². The predicted molar refractivity (Wildman–Crippen MR) is 72.0 cm³/mol. The second-order valence-electron chi connectivity index (χ2n) is 6.13. The van der Waals surface area contributed by atoms with Gasteiger partial charge in [0.1, 0.15) is 0 Å². The Bertz CT molecular complexity index is 347. The van der Waals surface area contributed by atoms with Crippen LogP contribution in [-0.2, 0) is 4.79 Å². The van der Waals surface area contributed by atoms with Gasteiger partial charge in [0, 0.05) is 19.6 Å². The van der Waals surface area contributed by atoms with Crippen molar-refractivity contribution in [2.45, 2.75) is 57.4 Å². The van der Waals surface area contributed by atoms with Gasteiger partial charge in [-0.05, 0) is 31.1 Å². The highest BCUT2D eigenvalue weighted by molar-refractivity contribution is 5.74. The molecule has 2 amide bonds. The summed E-state index contributed by atoms with van der Waals surface area (Å²) in [7, 11) is 1.84. The molecular weight excluding hydrogens is 244 g/mol. The lowest BCUT2D eigenvalue weighted by molar-refractivity contribution is -0.141. The molecule has 2 fully saturated rings. The summed E-state index contributed by atoms with van der Waals surface area (Å²) in [5.41, 5.74) is -0.196. The van der Waals surface area contributed by atoms with Gasteiger partial charge in [0.25, 0.3) is 0 Å². The molecule has 19 heavy (non-hydrogen) atoms. The van der Waals surface area contributed by atoms with Crippen molar-refractivity contribution in [2.75, 3.05) is 13.6 Å². The number of nitrogens with one attached hydrogen (secondary N) is 1. The molecule has 2 N–H and O–H groups in total. The molecule has 0 unspecified atom stereocenters. The van der Waals surface area contributed by atoms with Crippen LogP contribution >= 0.6 is 0 Å². The molecule has 2 aliphatic rings. The molecule has 0 bridgehead atoms. The molecule has 0 aromatic heterocycles. The molecule has 0 aliphatic heterocycles. The summed E-state index contributed by atoms with van der Waals surface area (Å²) in [6, 6.07) is 0.306. The Morgan fingerprint density at radius 2 is 1.89 bits per heavy atom.